The summed E-state index contributed by atoms with van der Waals surface area (Å²) < 4.78 is 1.67. The van der Waals surface area contributed by atoms with Crippen molar-refractivity contribution in [2.45, 2.75) is 13.0 Å². The number of rotatable bonds is 1. The van der Waals surface area contributed by atoms with Gasteiger partial charge in [0, 0.05) is 37.1 Å². The Morgan fingerprint density at radius 3 is 2.68 bits per heavy atom. The van der Waals surface area contributed by atoms with Crippen molar-refractivity contribution >= 4 is 30.8 Å². The molecule has 0 aromatic carbocycles. The van der Waals surface area contributed by atoms with Crippen molar-refractivity contribution in [3.05, 3.63) is 40.9 Å². The molecule has 2 aromatic heterocycles. The van der Waals surface area contributed by atoms with Crippen LogP contribution in [0.15, 0.2) is 35.4 Å². The molecule has 102 valence electrons. The Morgan fingerprint density at radius 1 is 1.21 bits per heavy atom. The van der Waals surface area contributed by atoms with Gasteiger partial charge in [0.1, 0.15) is 0 Å². The number of pyridine rings is 1. The summed E-state index contributed by atoms with van der Waals surface area (Å²) in [4.78, 5) is 20.3. The summed E-state index contributed by atoms with van der Waals surface area (Å²) in [5, 5.41) is 3.15. The molecule has 3 heterocycles. The fourth-order valence-electron chi connectivity index (χ4n) is 1.96. The molecule has 0 amide bonds. The molecule has 3 rings (SSSR count). The van der Waals surface area contributed by atoms with Gasteiger partial charge in [-0.1, -0.05) is 0 Å². The van der Waals surface area contributed by atoms with Crippen molar-refractivity contribution in [2.24, 2.45) is 0 Å². The maximum atomic E-state index is 11.9. The van der Waals surface area contributed by atoms with E-state index < -0.39 is 0 Å². The molecule has 0 aliphatic carbocycles. The average molecular weight is 301 g/mol. The number of fused-ring (bicyclic) bond motifs is 1. The molecule has 0 saturated heterocycles. The highest BCUT2D eigenvalue weighted by Crippen LogP contribution is 2.17. The zero-order chi connectivity index (χ0) is 11.7. The van der Waals surface area contributed by atoms with Gasteiger partial charge in [-0.3, -0.25) is 14.3 Å². The molecule has 0 bridgehead atoms. The highest BCUT2D eigenvalue weighted by atomic mass is 35.5. The van der Waals surface area contributed by atoms with E-state index in [1.54, 1.807) is 23.0 Å². The molecule has 0 unspecified atom stereocenters. The fourth-order valence-corrected chi connectivity index (χ4v) is 1.96. The maximum absolute atomic E-state index is 11.9. The Balaban J connectivity index is 0.000000902. The number of nitrogens with one attached hydrogen (secondary N) is 1. The summed E-state index contributed by atoms with van der Waals surface area (Å²) in [5.74, 6) is 0.663. The van der Waals surface area contributed by atoms with Gasteiger partial charge in [0.2, 0.25) is 5.95 Å². The van der Waals surface area contributed by atoms with Gasteiger partial charge in [0.05, 0.1) is 5.69 Å². The molecule has 1 aliphatic heterocycles. The van der Waals surface area contributed by atoms with Crippen LogP contribution in [0.2, 0.25) is 0 Å². The number of nitrogens with zero attached hydrogens (tertiary/aromatic N) is 3. The van der Waals surface area contributed by atoms with Crippen LogP contribution in [-0.2, 0) is 6.54 Å². The minimum atomic E-state index is -0.00554. The van der Waals surface area contributed by atoms with Crippen molar-refractivity contribution in [1.29, 1.82) is 0 Å². The van der Waals surface area contributed by atoms with Gasteiger partial charge < -0.3 is 5.32 Å². The van der Waals surface area contributed by atoms with E-state index in [-0.39, 0.29) is 30.4 Å². The van der Waals surface area contributed by atoms with Crippen LogP contribution in [0, 0.1) is 0 Å². The van der Waals surface area contributed by atoms with E-state index in [1.807, 2.05) is 12.1 Å². The van der Waals surface area contributed by atoms with E-state index in [2.05, 4.69) is 15.3 Å². The van der Waals surface area contributed by atoms with Gasteiger partial charge in [-0.15, -0.1) is 24.8 Å². The molecule has 2 aromatic rings. The van der Waals surface area contributed by atoms with Crippen molar-refractivity contribution in [2.75, 3.05) is 11.9 Å². The first kappa shape index (κ1) is 15.5. The molecule has 0 saturated carbocycles. The second-order valence-corrected chi connectivity index (χ2v) is 3.97. The third-order valence-corrected chi connectivity index (χ3v) is 2.83. The normalized spacial score (nSPS) is 12.4. The third kappa shape index (κ3) is 3.05. The number of halogens is 2. The van der Waals surface area contributed by atoms with E-state index in [0.29, 0.717) is 11.6 Å². The first-order valence-corrected chi connectivity index (χ1v) is 5.61. The van der Waals surface area contributed by atoms with Gasteiger partial charge in [-0.05, 0) is 18.6 Å². The minimum absolute atomic E-state index is 0. The van der Waals surface area contributed by atoms with E-state index >= 15 is 0 Å². The Bertz CT molecular complexity index is 600. The largest absolute Gasteiger partial charge is 0.355 e. The Labute approximate surface area is 122 Å². The Hall–Kier alpha value is -1.59. The van der Waals surface area contributed by atoms with Gasteiger partial charge in [-0.2, -0.15) is 0 Å². The number of anilines is 1. The van der Waals surface area contributed by atoms with Crippen LogP contribution in [0.5, 0.6) is 0 Å². The lowest BCUT2D eigenvalue weighted by molar-refractivity contribution is 0.597. The lowest BCUT2D eigenvalue weighted by atomic mass is 10.2. The fraction of sp³-hybridized carbons (Fsp3) is 0.250. The summed E-state index contributed by atoms with van der Waals surface area (Å²) in [6, 6.07) is 5.27. The van der Waals surface area contributed by atoms with Gasteiger partial charge in [0.15, 0.2) is 0 Å². The van der Waals surface area contributed by atoms with Crippen LogP contribution in [-0.4, -0.2) is 21.1 Å². The smallest absolute Gasteiger partial charge is 0.255 e. The van der Waals surface area contributed by atoms with Crippen LogP contribution >= 0.6 is 24.8 Å². The molecule has 7 heteroatoms. The first-order valence-electron chi connectivity index (χ1n) is 5.61. The van der Waals surface area contributed by atoms with E-state index in [0.717, 1.165) is 25.1 Å². The van der Waals surface area contributed by atoms with Crippen molar-refractivity contribution < 1.29 is 0 Å². The molecule has 0 spiro atoms. The second kappa shape index (κ2) is 6.54. The maximum Gasteiger partial charge on any atom is 0.255 e. The minimum Gasteiger partial charge on any atom is -0.355 e. The molecule has 1 aliphatic rings. The van der Waals surface area contributed by atoms with Gasteiger partial charge >= 0.3 is 0 Å². The first-order chi connectivity index (χ1) is 8.34. The molecule has 1 N–H and O–H groups in total. The van der Waals surface area contributed by atoms with Crippen molar-refractivity contribution in [3.63, 3.8) is 0 Å². The summed E-state index contributed by atoms with van der Waals surface area (Å²) >= 11 is 0. The molecular weight excluding hydrogens is 287 g/mol. The molecular formula is C12H14Cl2N4O. The predicted molar refractivity (Wildman–Crippen MR) is 79.3 cm³/mol. The zero-order valence-electron chi connectivity index (χ0n) is 10.1. The Kier molecular flexibility index (Phi) is 5.32. The lowest BCUT2D eigenvalue weighted by Gasteiger charge is -2.19. The number of aromatic nitrogens is 3. The molecule has 19 heavy (non-hydrogen) atoms. The third-order valence-electron chi connectivity index (χ3n) is 2.83. The van der Waals surface area contributed by atoms with Gasteiger partial charge in [0.25, 0.3) is 5.56 Å². The van der Waals surface area contributed by atoms with E-state index in [9.17, 15) is 4.79 Å². The summed E-state index contributed by atoms with van der Waals surface area (Å²) in [6.07, 6.45) is 4.35. The van der Waals surface area contributed by atoms with E-state index in [4.69, 9.17) is 0 Å². The zero-order valence-corrected chi connectivity index (χ0v) is 11.7. The predicted octanol–water partition coefficient (Wildman–Crippen LogP) is 1.96. The van der Waals surface area contributed by atoms with Crippen molar-refractivity contribution in [1.82, 2.24) is 14.5 Å². The monoisotopic (exact) mass is 300 g/mol. The topological polar surface area (TPSA) is 59.8 Å². The highest BCUT2D eigenvalue weighted by molar-refractivity contribution is 5.85. The SMILES string of the molecule is Cl.Cl.O=c1cc(-c2ccncc2)nc2n1CCCN2. The summed E-state index contributed by atoms with van der Waals surface area (Å²) in [7, 11) is 0. The molecule has 0 fully saturated rings. The number of hydrogen-bond donors (Lipinski definition) is 1. The lowest BCUT2D eigenvalue weighted by Crippen LogP contribution is -2.29. The van der Waals surface area contributed by atoms with Crippen LogP contribution in [0.3, 0.4) is 0 Å². The quantitative estimate of drug-likeness (QED) is 0.875. The van der Waals surface area contributed by atoms with Crippen LogP contribution in [0.4, 0.5) is 5.95 Å². The summed E-state index contributed by atoms with van der Waals surface area (Å²) in [6.45, 7) is 1.61. The molecule has 0 atom stereocenters. The van der Waals surface area contributed by atoms with Crippen LogP contribution < -0.4 is 10.9 Å². The highest BCUT2D eigenvalue weighted by Gasteiger charge is 2.12. The standard InChI is InChI=1S/C12H12N4O.2ClH/c17-11-8-10(9-2-5-13-6-3-9)15-12-14-4-1-7-16(11)12;;/h2-3,5-6,8H,1,4,7H2,(H,14,15);2*1H. The summed E-state index contributed by atoms with van der Waals surface area (Å²) in [5.41, 5.74) is 1.60. The van der Waals surface area contributed by atoms with Crippen molar-refractivity contribution in [3.8, 4) is 11.3 Å². The Morgan fingerprint density at radius 2 is 1.95 bits per heavy atom. The average Bonchev–Trinajstić information content (AvgIpc) is 2.40. The van der Waals surface area contributed by atoms with Crippen LogP contribution in [0.25, 0.3) is 11.3 Å². The molecule has 5 nitrogen and oxygen atoms in total. The molecule has 0 radical (unpaired) electrons. The number of hydrogen-bond acceptors (Lipinski definition) is 4. The van der Waals surface area contributed by atoms with Crippen LogP contribution in [0.1, 0.15) is 6.42 Å². The van der Waals surface area contributed by atoms with Gasteiger partial charge in [-0.25, -0.2) is 4.98 Å². The van der Waals surface area contributed by atoms with E-state index in [1.165, 1.54) is 0 Å². The second-order valence-electron chi connectivity index (χ2n) is 3.97.